The van der Waals surface area contributed by atoms with Crippen LogP contribution in [-0.4, -0.2) is 48.8 Å². The molecule has 0 saturated carbocycles. The molecule has 0 amide bonds. The van der Waals surface area contributed by atoms with Crippen LogP contribution >= 0.6 is 0 Å². The fraction of sp³-hybridized carbons (Fsp3) is 1.00. The Labute approximate surface area is 99.6 Å². The van der Waals surface area contributed by atoms with Gasteiger partial charge in [0, 0.05) is 13.2 Å². The van der Waals surface area contributed by atoms with Crippen molar-refractivity contribution in [1.82, 2.24) is 0 Å². The summed E-state index contributed by atoms with van der Waals surface area (Å²) in [5.74, 6) is 0.681. The molecule has 0 aliphatic heterocycles. The van der Waals surface area contributed by atoms with Crippen LogP contribution in [-0.2, 0) is 9.47 Å². The van der Waals surface area contributed by atoms with Gasteiger partial charge in [-0.25, -0.2) is 0 Å². The molecule has 0 aromatic heterocycles. The standard InChI is InChI=1S/C6H14O3.C6H14O/c1-5(8)4-9-6(2)3-7;1-4-7-5-6(2)3/h5-8H,3-4H2,1-2H3;6H,4-5H2,1-3H3. The molecule has 100 valence electrons. The minimum absolute atomic E-state index is 0.00667. The number of ether oxygens (including phenoxy) is 2. The first-order chi connectivity index (χ1) is 7.43. The smallest absolute Gasteiger partial charge is 0.0779 e. The van der Waals surface area contributed by atoms with E-state index in [0.29, 0.717) is 12.5 Å². The second-order valence-electron chi connectivity index (χ2n) is 4.23. The van der Waals surface area contributed by atoms with Gasteiger partial charge >= 0.3 is 0 Å². The highest BCUT2D eigenvalue weighted by Crippen LogP contribution is 1.90. The quantitative estimate of drug-likeness (QED) is 0.702. The highest BCUT2D eigenvalue weighted by atomic mass is 16.5. The summed E-state index contributed by atoms with van der Waals surface area (Å²) in [5.41, 5.74) is 0. The Morgan fingerprint density at radius 2 is 1.62 bits per heavy atom. The van der Waals surface area contributed by atoms with E-state index in [-0.39, 0.29) is 12.7 Å². The van der Waals surface area contributed by atoms with Gasteiger partial charge in [-0.05, 0) is 26.7 Å². The summed E-state index contributed by atoms with van der Waals surface area (Å²) in [6, 6.07) is 0. The largest absolute Gasteiger partial charge is 0.394 e. The maximum Gasteiger partial charge on any atom is 0.0779 e. The molecule has 16 heavy (non-hydrogen) atoms. The van der Waals surface area contributed by atoms with Gasteiger partial charge in [-0.15, -0.1) is 0 Å². The molecule has 4 nitrogen and oxygen atoms in total. The minimum Gasteiger partial charge on any atom is -0.394 e. The Bertz CT molecular complexity index is 126. The van der Waals surface area contributed by atoms with Crippen molar-refractivity contribution in [2.75, 3.05) is 26.4 Å². The monoisotopic (exact) mass is 236 g/mol. The molecule has 0 rings (SSSR count). The van der Waals surface area contributed by atoms with E-state index < -0.39 is 6.10 Å². The second-order valence-corrected chi connectivity index (χ2v) is 4.23. The Morgan fingerprint density at radius 3 is 1.88 bits per heavy atom. The van der Waals surface area contributed by atoms with Gasteiger partial charge in [0.2, 0.25) is 0 Å². The molecule has 0 aromatic rings. The third kappa shape index (κ3) is 19.4. The van der Waals surface area contributed by atoms with Crippen molar-refractivity contribution in [2.45, 2.75) is 46.8 Å². The maximum absolute atomic E-state index is 8.69. The van der Waals surface area contributed by atoms with Crippen LogP contribution in [0.4, 0.5) is 0 Å². The highest BCUT2D eigenvalue weighted by Gasteiger charge is 2.00. The Morgan fingerprint density at radius 1 is 1.06 bits per heavy atom. The molecule has 0 spiro atoms. The van der Waals surface area contributed by atoms with E-state index in [1.807, 2.05) is 6.92 Å². The predicted octanol–water partition coefficient (Wildman–Crippen LogP) is 1.44. The predicted molar refractivity (Wildman–Crippen MR) is 65.5 cm³/mol. The molecule has 0 fully saturated rings. The zero-order chi connectivity index (χ0) is 13.0. The summed E-state index contributed by atoms with van der Waals surface area (Å²) in [6.07, 6.45) is -0.612. The molecule has 4 heteroatoms. The van der Waals surface area contributed by atoms with Crippen LogP contribution in [0.5, 0.6) is 0 Å². The van der Waals surface area contributed by atoms with Gasteiger partial charge < -0.3 is 19.7 Å². The first-order valence-electron chi connectivity index (χ1n) is 5.92. The summed E-state index contributed by atoms with van der Waals surface area (Å²) >= 11 is 0. The van der Waals surface area contributed by atoms with Crippen molar-refractivity contribution >= 4 is 0 Å². The third-order valence-corrected chi connectivity index (χ3v) is 1.53. The molecule has 2 atom stereocenters. The van der Waals surface area contributed by atoms with Crippen molar-refractivity contribution in [3.8, 4) is 0 Å². The Kier molecular flexibility index (Phi) is 14.7. The van der Waals surface area contributed by atoms with E-state index in [1.165, 1.54) is 0 Å². The van der Waals surface area contributed by atoms with E-state index in [4.69, 9.17) is 19.7 Å². The van der Waals surface area contributed by atoms with Gasteiger partial charge in [-0.2, -0.15) is 0 Å². The number of hydrogen-bond donors (Lipinski definition) is 2. The van der Waals surface area contributed by atoms with E-state index >= 15 is 0 Å². The normalized spacial score (nSPS) is 14.2. The summed E-state index contributed by atoms with van der Waals surface area (Å²) in [4.78, 5) is 0. The molecule has 0 aromatic carbocycles. The summed E-state index contributed by atoms with van der Waals surface area (Å²) in [6.45, 7) is 11.8. The van der Waals surface area contributed by atoms with E-state index in [1.54, 1.807) is 13.8 Å². The van der Waals surface area contributed by atoms with Crippen LogP contribution in [0.25, 0.3) is 0 Å². The number of aliphatic hydroxyl groups is 2. The zero-order valence-electron chi connectivity index (χ0n) is 11.3. The fourth-order valence-corrected chi connectivity index (χ4v) is 0.710. The SMILES string of the molecule is CC(O)COC(C)CO.CCOCC(C)C. The summed E-state index contributed by atoms with van der Waals surface area (Å²) < 4.78 is 10.0. The lowest BCUT2D eigenvalue weighted by Crippen LogP contribution is -2.19. The van der Waals surface area contributed by atoms with Crippen LogP contribution in [0.15, 0.2) is 0 Å². The summed E-state index contributed by atoms with van der Waals surface area (Å²) in [5, 5.41) is 17.1. The molecule has 0 saturated heterocycles. The van der Waals surface area contributed by atoms with Gasteiger partial charge in [0.25, 0.3) is 0 Å². The average molecular weight is 236 g/mol. The van der Waals surface area contributed by atoms with Crippen molar-refractivity contribution < 1.29 is 19.7 Å². The molecule has 2 unspecified atom stereocenters. The van der Waals surface area contributed by atoms with Crippen LogP contribution in [0.1, 0.15) is 34.6 Å². The third-order valence-electron chi connectivity index (χ3n) is 1.53. The van der Waals surface area contributed by atoms with Gasteiger partial charge in [-0.3, -0.25) is 0 Å². The van der Waals surface area contributed by atoms with E-state index in [0.717, 1.165) is 13.2 Å². The molecular weight excluding hydrogens is 208 g/mol. The number of aliphatic hydroxyl groups excluding tert-OH is 2. The molecule has 0 aliphatic carbocycles. The van der Waals surface area contributed by atoms with Crippen LogP contribution in [0.2, 0.25) is 0 Å². The van der Waals surface area contributed by atoms with Crippen molar-refractivity contribution in [1.29, 1.82) is 0 Å². The highest BCUT2D eigenvalue weighted by molar-refractivity contribution is 4.47. The molecule has 0 aliphatic rings. The van der Waals surface area contributed by atoms with E-state index in [9.17, 15) is 0 Å². The van der Waals surface area contributed by atoms with Crippen molar-refractivity contribution in [3.05, 3.63) is 0 Å². The van der Waals surface area contributed by atoms with Gasteiger partial charge in [0.1, 0.15) is 0 Å². The topological polar surface area (TPSA) is 58.9 Å². The maximum atomic E-state index is 8.69. The summed E-state index contributed by atoms with van der Waals surface area (Å²) in [7, 11) is 0. The van der Waals surface area contributed by atoms with Crippen LogP contribution in [0, 0.1) is 5.92 Å². The first kappa shape index (κ1) is 18.2. The van der Waals surface area contributed by atoms with Gasteiger partial charge in [0.05, 0.1) is 25.4 Å². The Hall–Kier alpha value is -0.160. The first-order valence-corrected chi connectivity index (χ1v) is 5.92. The second kappa shape index (κ2) is 12.9. The molecule has 0 heterocycles. The zero-order valence-corrected chi connectivity index (χ0v) is 11.3. The Balaban J connectivity index is 0. The molecule has 0 bridgehead atoms. The van der Waals surface area contributed by atoms with E-state index in [2.05, 4.69) is 13.8 Å². The fourth-order valence-electron chi connectivity index (χ4n) is 0.710. The number of hydrogen-bond acceptors (Lipinski definition) is 4. The lowest BCUT2D eigenvalue weighted by atomic mass is 10.2. The van der Waals surface area contributed by atoms with Gasteiger partial charge in [0.15, 0.2) is 0 Å². The molecular formula is C12H28O4. The van der Waals surface area contributed by atoms with Crippen molar-refractivity contribution in [2.24, 2.45) is 5.92 Å². The minimum atomic E-state index is -0.445. The number of rotatable bonds is 7. The molecule has 0 radical (unpaired) electrons. The lowest BCUT2D eigenvalue weighted by Gasteiger charge is -2.10. The van der Waals surface area contributed by atoms with Crippen LogP contribution in [0.3, 0.4) is 0 Å². The van der Waals surface area contributed by atoms with Crippen molar-refractivity contribution in [3.63, 3.8) is 0 Å². The average Bonchev–Trinajstić information content (AvgIpc) is 2.23. The lowest BCUT2D eigenvalue weighted by molar-refractivity contribution is -0.0177. The molecule has 2 N–H and O–H groups in total. The van der Waals surface area contributed by atoms with Gasteiger partial charge in [-0.1, -0.05) is 13.8 Å². The van der Waals surface area contributed by atoms with Crippen LogP contribution < -0.4 is 0 Å².